The molecule has 0 aromatic heterocycles. The molecule has 102 valence electrons. The van der Waals surface area contributed by atoms with Gasteiger partial charge in [-0.25, -0.2) is 0 Å². The molecule has 0 radical (unpaired) electrons. The fourth-order valence-corrected chi connectivity index (χ4v) is 3.37. The van der Waals surface area contributed by atoms with Crippen molar-refractivity contribution in [3.05, 3.63) is 0 Å². The summed E-state index contributed by atoms with van der Waals surface area (Å²) in [5, 5.41) is 0.220. The zero-order chi connectivity index (χ0) is 13.2. The summed E-state index contributed by atoms with van der Waals surface area (Å²) in [6, 6.07) is -2.43. The Hall–Kier alpha value is 0.0600. The van der Waals surface area contributed by atoms with Crippen LogP contribution in [0.2, 0.25) is 0 Å². The van der Waals surface area contributed by atoms with Crippen LogP contribution in [-0.2, 0) is 0 Å². The minimum Gasteiger partial charge on any atom is -0.326 e. The topological polar surface area (TPSA) is 29.3 Å². The highest BCUT2D eigenvalue weighted by atomic mass is 32.2. The van der Waals surface area contributed by atoms with Crippen molar-refractivity contribution < 1.29 is 13.2 Å². The van der Waals surface area contributed by atoms with E-state index in [9.17, 15) is 13.2 Å². The third kappa shape index (κ3) is 3.51. The SMILES string of the molecule is CCC(N)C(N1CCSC(C)C1C)C(F)(F)F. The molecule has 4 unspecified atom stereocenters. The summed E-state index contributed by atoms with van der Waals surface area (Å²) in [4.78, 5) is 1.54. The van der Waals surface area contributed by atoms with Crippen LogP contribution in [0.4, 0.5) is 13.2 Å². The van der Waals surface area contributed by atoms with Crippen molar-refractivity contribution in [2.75, 3.05) is 12.3 Å². The molecule has 1 aliphatic heterocycles. The second-order valence-corrected chi connectivity index (χ2v) is 6.10. The van der Waals surface area contributed by atoms with E-state index >= 15 is 0 Å². The molecular formula is C11H21F3N2S. The predicted octanol–water partition coefficient (Wildman–Crippen LogP) is 2.48. The van der Waals surface area contributed by atoms with E-state index in [1.54, 1.807) is 18.7 Å². The van der Waals surface area contributed by atoms with E-state index in [-0.39, 0.29) is 11.3 Å². The van der Waals surface area contributed by atoms with Crippen LogP contribution in [-0.4, -0.2) is 46.7 Å². The van der Waals surface area contributed by atoms with Gasteiger partial charge in [-0.1, -0.05) is 13.8 Å². The average Bonchev–Trinajstić information content (AvgIpc) is 2.22. The predicted molar refractivity (Wildman–Crippen MR) is 66.2 cm³/mol. The largest absolute Gasteiger partial charge is 0.405 e. The molecule has 0 bridgehead atoms. The molecule has 1 heterocycles. The average molecular weight is 270 g/mol. The molecule has 2 nitrogen and oxygen atoms in total. The third-order valence-electron chi connectivity index (χ3n) is 3.50. The van der Waals surface area contributed by atoms with Crippen LogP contribution in [0, 0.1) is 0 Å². The van der Waals surface area contributed by atoms with Crippen LogP contribution < -0.4 is 5.73 Å². The van der Waals surface area contributed by atoms with Gasteiger partial charge < -0.3 is 5.73 Å². The number of nitrogens with zero attached hydrogens (tertiary/aromatic N) is 1. The van der Waals surface area contributed by atoms with Gasteiger partial charge in [0.1, 0.15) is 6.04 Å². The first-order valence-electron chi connectivity index (χ1n) is 5.98. The first-order chi connectivity index (χ1) is 7.79. The summed E-state index contributed by atoms with van der Waals surface area (Å²) in [5.74, 6) is 0.745. The highest BCUT2D eigenvalue weighted by Gasteiger charge is 2.49. The molecule has 1 fully saturated rings. The van der Waals surface area contributed by atoms with E-state index in [0.717, 1.165) is 5.75 Å². The van der Waals surface area contributed by atoms with Crippen LogP contribution in [0.15, 0.2) is 0 Å². The lowest BCUT2D eigenvalue weighted by Gasteiger charge is -2.44. The number of halogens is 3. The van der Waals surface area contributed by atoms with Crippen molar-refractivity contribution in [1.82, 2.24) is 4.90 Å². The highest BCUT2D eigenvalue weighted by Crippen LogP contribution is 2.34. The fraction of sp³-hybridized carbons (Fsp3) is 1.00. The maximum atomic E-state index is 13.1. The first-order valence-corrected chi connectivity index (χ1v) is 7.03. The monoisotopic (exact) mass is 270 g/mol. The summed E-state index contributed by atoms with van der Waals surface area (Å²) >= 11 is 1.73. The molecule has 1 aliphatic rings. The Balaban J connectivity index is 2.89. The summed E-state index contributed by atoms with van der Waals surface area (Å²) in [6.07, 6.45) is -3.90. The Kier molecular flexibility index (Phi) is 5.16. The summed E-state index contributed by atoms with van der Waals surface area (Å²) < 4.78 is 39.3. The molecule has 0 aromatic rings. The van der Waals surface area contributed by atoms with Crippen molar-refractivity contribution in [3.63, 3.8) is 0 Å². The van der Waals surface area contributed by atoms with Crippen molar-refractivity contribution in [2.45, 2.75) is 56.7 Å². The minimum atomic E-state index is -4.24. The lowest BCUT2D eigenvalue weighted by atomic mass is 10.0. The Labute approximate surface area is 105 Å². The zero-order valence-electron chi connectivity index (χ0n) is 10.5. The van der Waals surface area contributed by atoms with Gasteiger partial charge in [0.15, 0.2) is 0 Å². The van der Waals surface area contributed by atoms with Crippen molar-refractivity contribution in [2.24, 2.45) is 5.73 Å². The van der Waals surface area contributed by atoms with E-state index in [4.69, 9.17) is 5.73 Å². The molecule has 0 aliphatic carbocycles. The molecule has 1 rings (SSSR count). The fourth-order valence-electron chi connectivity index (χ4n) is 2.25. The molecule has 1 saturated heterocycles. The molecule has 0 saturated carbocycles. The second kappa shape index (κ2) is 5.80. The van der Waals surface area contributed by atoms with Gasteiger partial charge in [0.2, 0.25) is 0 Å². The number of nitrogens with two attached hydrogens (primary N) is 1. The van der Waals surface area contributed by atoms with E-state index in [0.29, 0.717) is 13.0 Å². The minimum absolute atomic E-state index is 0.0852. The van der Waals surface area contributed by atoms with Crippen LogP contribution >= 0.6 is 11.8 Å². The van der Waals surface area contributed by atoms with Gasteiger partial charge in [-0.05, 0) is 13.3 Å². The second-order valence-electron chi connectivity index (χ2n) is 4.61. The van der Waals surface area contributed by atoms with Crippen LogP contribution in [0.25, 0.3) is 0 Å². The number of thioether (sulfide) groups is 1. The van der Waals surface area contributed by atoms with Gasteiger partial charge in [-0.3, -0.25) is 4.90 Å². The smallest absolute Gasteiger partial charge is 0.326 e. The molecule has 6 heteroatoms. The van der Waals surface area contributed by atoms with Gasteiger partial charge in [0.25, 0.3) is 0 Å². The normalized spacial score (nSPS) is 31.2. The Morgan fingerprint density at radius 2 is 2.00 bits per heavy atom. The first kappa shape index (κ1) is 15.1. The lowest BCUT2D eigenvalue weighted by Crippen LogP contribution is -2.61. The van der Waals surface area contributed by atoms with Gasteiger partial charge in [0, 0.05) is 29.6 Å². The number of alkyl halides is 3. The maximum Gasteiger partial charge on any atom is 0.405 e. The van der Waals surface area contributed by atoms with Crippen molar-refractivity contribution in [3.8, 4) is 0 Å². The van der Waals surface area contributed by atoms with Gasteiger partial charge in [-0.15, -0.1) is 0 Å². The van der Waals surface area contributed by atoms with Gasteiger partial charge in [0.05, 0.1) is 0 Å². The van der Waals surface area contributed by atoms with E-state index in [1.165, 1.54) is 4.90 Å². The number of hydrogen-bond donors (Lipinski definition) is 1. The van der Waals surface area contributed by atoms with Gasteiger partial charge in [-0.2, -0.15) is 24.9 Å². The highest BCUT2D eigenvalue weighted by molar-refractivity contribution is 8.00. The molecule has 4 atom stereocenters. The van der Waals surface area contributed by atoms with Crippen LogP contribution in [0.3, 0.4) is 0 Å². The number of hydrogen-bond acceptors (Lipinski definition) is 3. The summed E-state index contributed by atoms with van der Waals surface area (Å²) in [7, 11) is 0. The standard InChI is InChI=1S/C11H21F3N2S/c1-4-9(15)10(11(12,13)14)16-5-6-17-8(3)7(16)2/h7-10H,4-6,15H2,1-3H3. The van der Waals surface area contributed by atoms with Crippen LogP contribution in [0.1, 0.15) is 27.2 Å². The van der Waals surface area contributed by atoms with Crippen molar-refractivity contribution >= 4 is 11.8 Å². The molecular weight excluding hydrogens is 249 g/mol. The maximum absolute atomic E-state index is 13.1. The molecule has 17 heavy (non-hydrogen) atoms. The van der Waals surface area contributed by atoms with Crippen molar-refractivity contribution in [1.29, 1.82) is 0 Å². The lowest BCUT2D eigenvalue weighted by molar-refractivity contribution is -0.194. The zero-order valence-corrected chi connectivity index (χ0v) is 11.3. The third-order valence-corrected chi connectivity index (χ3v) is 4.84. The molecule has 2 N–H and O–H groups in total. The Morgan fingerprint density at radius 3 is 2.47 bits per heavy atom. The Morgan fingerprint density at radius 1 is 1.41 bits per heavy atom. The Bertz CT molecular complexity index is 247. The summed E-state index contributed by atoms with van der Waals surface area (Å²) in [5.41, 5.74) is 5.67. The van der Waals surface area contributed by atoms with E-state index in [1.807, 2.05) is 13.8 Å². The van der Waals surface area contributed by atoms with E-state index < -0.39 is 18.3 Å². The number of rotatable bonds is 3. The summed E-state index contributed by atoms with van der Waals surface area (Å²) in [6.45, 7) is 6.01. The van der Waals surface area contributed by atoms with Gasteiger partial charge >= 0.3 is 6.18 Å². The van der Waals surface area contributed by atoms with E-state index in [2.05, 4.69) is 0 Å². The quantitative estimate of drug-likeness (QED) is 0.854. The molecule has 0 amide bonds. The van der Waals surface area contributed by atoms with Crippen LogP contribution in [0.5, 0.6) is 0 Å². The molecule has 0 spiro atoms. The molecule has 0 aromatic carbocycles.